The highest BCUT2D eigenvalue weighted by molar-refractivity contribution is 5.66. The molecule has 0 unspecified atom stereocenters. The summed E-state index contributed by atoms with van der Waals surface area (Å²) >= 11 is 0. The Morgan fingerprint density at radius 1 is 1.32 bits per heavy atom. The lowest BCUT2D eigenvalue weighted by Gasteiger charge is -2.15. The molecule has 0 fully saturated rings. The van der Waals surface area contributed by atoms with Crippen molar-refractivity contribution in [1.29, 1.82) is 0 Å². The SMILES string of the molecule is C=C(Nc1cccc(C(=C)C)c1)C1=CC=C=C(C)C1. The van der Waals surface area contributed by atoms with Crippen molar-refractivity contribution in [2.24, 2.45) is 0 Å². The van der Waals surface area contributed by atoms with Crippen LogP contribution in [-0.2, 0) is 0 Å². The summed E-state index contributed by atoms with van der Waals surface area (Å²) in [4.78, 5) is 0. The Hall–Kier alpha value is -2.24. The molecule has 96 valence electrons. The van der Waals surface area contributed by atoms with Gasteiger partial charge >= 0.3 is 0 Å². The lowest BCUT2D eigenvalue weighted by molar-refractivity contribution is 1.11. The lowest BCUT2D eigenvalue weighted by Crippen LogP contribution is -2.03. The average molecular weight is 249 g/mol. The van der Waals surface area contributed by atoms with E-state index in [-0.39, 0.29) is 0 Å². The van der Waals surface area contributed by atoms with Gasteiger partial charge in [-0.15, -0.1) is 5.73 Å². The van der Waals surface area contributed by atoms with Gasteiger partial charge in [0.25, 0.3) is 0 Å². The van der Waals surface area contributed by atoms with E-state index in [2.05, 4.69) is 49.3 Å². The Kier molecular flexibility index (Phi) is 3.89. The van der Waals surface area contributed by atoms with Crippen LogP contribution in [0.15, 0.2) is 72.1 Å². The summed E-state index contributed by atoms with van der Waals surface area (Å²) in [6, 6.07) is 8.22. The summed E-state index contributed by atoms with van der Waals surface area (Å²) in [5.74, 6) is 0. The van der Waals surface area contributed by atoms with Gasteiger partial charge in [-0.05, 0) is 54.8 Å². The first-order valence-corrected chi connectivity index (χ1v) is 6.40. The van der Waals surface area contributed by atoms with Crippen LogP contribution < -0.4 is 5.32 Å². The van der Waals surface area contributed by atoms with Crippen LogP contribution in [0.1, 0.15) is 25.8 Å². The molecule has 19 heavy (non-hydrogen) atoms. The topological polar surface area (TPSA) is 12.0 Å². The molecule has 0 saturated heterocycles. The first-order chi connectivity index (χ1) is 9.06. The van der Waals surface area contributed by atoms with Crippen LogP contribution in [0.3, 0.4) is 0 Å². The molecule has 0 aliphatic heterocycles. The average Bonchev–Trinajstić information content (AvgIpc) is 2.39. The molecule has 0 saturated carbocycles. The second kappa shape index (κ2) is 5.60. The second-order valence-electron chi connectivity index (χ2n) is 4.92. The van der Waals surface area contributed by atoms with Crippen LogP contribution in [0.25, 0.3) is 5.57 Å². The van der Waals surface area contributed by atoms with Crippen LogP contribution in [-0.4, -0.2) is 0 Å². The van der Waals surface area contributed by atoms with Gasteiger partial charge in [-0.25, -0.2) is 0 Å². The quantitative estimate of drug-likeness (QED) is 0.734. The highest BCUT2D eigenvalue weighted by Crippen LogP contribution is 2.23. The van der Waals surface area contributed by atoms with E-state index < -0.39 is 0 Å². The van der Waals surface area contributed by atoms with Crippen molar-refractivity contribution in [3.8, 4) is 0 Å². The molecule has 1 aliphatic carbocycles. The summed E-state index contributed by atoms with van der Waals surface area (Å²) in [6.07, 6.45) is 4.92. The Balaban J connectivity index is 2.12. The van der Waals surface area contributed by atoms with Gasteiger partial charge in [0.2, 0.25) is 0 Å². The molecule has 0 aromatic heterocycles. The first kappa shape index (κ1) is 13.2. The number of allylic oxidation sites excluding steroid dienone is 4. The minimum absolute atomic E-state index is 0.905. The molecule has 0 atom stereocenters. The fraction of sp³-hybridized carbons (Fsp3) is 0.167. The van der Waals surface area contributed by atoms with Crippen molar-refractivity contribution >= 4 is 11.3 Å². The molecule has 0 amide bonds. The molecular formula is C18H19N. The number of benzene rings is 1. The summed E-state index contributed by atoms with van der Waals surface area (Å²) in [5.41, 5.74) is 9.82. The Bertz CT molecular complexity index is 623. The smallest absolute Gasteiger partial charge is 0.0390 e. The van der Waals surface area contributed by atoms with Gasteiger partial charge in [-0.2, -0.15) is 0 Å². The molecule has 1 aromatic rings. The third-order valence-electron chi connectivity index (χ3n) is 3.11. The molecule has 1 aromatic carbocycles. The number of nitrogens with one attached hydrogen (secondary N) is 1. The molecule has 0 heterocycles. The fourth-order valence-corrected chi connectivity index (χ4v) is 2.00. The fourth-order valence-electron chi connectivity index (χ4n) is 2.00. The van der Waals surface area contributed by atoms with Gasteiger partial charge in [-0.3, -0.25) is 0 Å². The summed E-state index contributed by atoms with van der Waals surface area (Å²) in [6.45, 7) is 12.2. The molecule has 1 heteroatoms. The molecule has 1 nitrogen and oxygen atoms in total. The van der Waals surface area contributed by atoms with Crippen LogP contribution in [0, 0.1) is 0 Å². The third-order valence-corrected chi connectivity index (χ3v) is 3.11. The van der Waals surface area contributed by atoms with E-state index in [4.69, 9.17) is 0 Å². The number of rotatable bonds is 4. The molecule has 1 aliphatic rings. The predicted molar refractivity (Wildman–Crippen MR) is 83.9 cm³/mol. The van der Waals surface area contributed by atoms with E-state index in [1.165, 1.54) is 11.1 Å². The minimum atomic E-state index is 0.905. The molecular weight excluding hydrogens is 230 g/mol. The van der Waals surface area contributed by atoms with Gasteiger partial charge < -0.3 is 5.32 Å². The normalized spacial score (nSPS) is 13.6. The van der Waals surface area contributed by atoms with Crippen LogP contribution in [0.2, 0.25) is 0 Å². The van der Waals surface area contributed by atoms with Crippen molar-refractivity contribution in [3.05, 3.63) is 77.7 Å². The molecule has 1 N–H and O–H groups in total. The summed E-state index contributed by atoms with van der Waals surface area (Å²) in [7, 11) is 0. The number of hydrogen-bond donors (Lipinski definition) is 1. The van der Waals surface area contributed by atoms with Gasteiger partial charge in [0.1, 0.15) is 0 Å². The highest BCUT2D eigenvalue weighted by Gasteiger charge is 2.06. The van der Waals surface area contributed by atoms with Crippen LogP contribution >= 0.6 is 0 Å². The van der Waals surface area contributed by atoms with E-state index in [0.717, 1.165) is 28.9 Å². The standard InChI is InChI=1S/C18H19N/c1-13(2)16-8-6-10-18(12-16)19-15(4)17-9-5-7-14(3)11-17/h5-6,8-10,12,19H,1,4,11H2,2-3H3. The predicted octanol–water partition coefficient (Wildman–Crippen LogP) is 5.08. The molecule has 0 bridgehead atoms. The van der Waals surface area contributed by atoms with Gasteiger partial charge in [-0.1, -0.05) is 30.9 Å². The van der Waals surface area contributed by atoms with E-state index >= 15 is 0 Å². The van der Waals surface area contributed by atoms with Crippen LogP contribution in [0.5, 0.6) is 0 Å². The van der Waals surface area contributed by atoms with E-state index in [0.29, 0.717) is 0 Å². The maximum Gasteiger partial charge on any atom is 0.0390 e. The first-order valence-electron chi connectivity index (χ1n) is 6.40. The minimum Gasteiger partial charge on any atom is -0.356 e. The number of hydrogen-bond acceptors (Lipinski definition) is 1. The monoisotopic (exact) mass is 249 g/mol. The van der Waals surface area contributed by atoms with Crippen LogP contribution in [0.4, 0.5) is 5.69 Å². The zero-order valence-corrected chi connectivity index (χ0v) is 11.6. The third kappa shape index (κ3) is 3.37. The summed E-state index contributed by atoms with van der Waals surface area (Å²) < 4.78 is 0. The maximum absolute atomic E-state index is 4.12. The van der Waals surface area contributed by atoms with Gasteiger partial charge in [0, 0.05) is 17.8 Å². The highest BCUT2D eigenvalue weighted by atomic mass is 14.9. The van der Waals surface area contributed by atoms with Gasteiger partial charge in [0.15, 0.2) is 0 Å². The molecule has 2 rings (SSSR count). The maximum atomic E-state index is 4.12. The van der Waals surface area contributed by atoms with Crippen molar-refractivity contribution in [3.63, 3.8) is 0 Å². The second-order valence-corrected chi connectivity index (χ2v) is 4.92. The molecule has 0 radical (unpaired) electrons. The van der Waals surface area contributed by atoms with Gasteiger partial charge in [0.05, 0.1) is 0 Å². The number of anilines is 1. The van der Waals surface area contributed by atoms with Crippen molar-refractivity contribution in [2.45, 2.75) is 20.3 Å². The Morgan fingerprint density at radius 2 is 2.11 bits per heavy atom. The van der Waals surface area contributed by atoms with Crippen molar-refractivity contribution in [2.75, 3.05) is 5.32 Å². The van der Waals surface area contributed by atoms with E-state index in [1.807, 2.05) is 25.1 Å². The lowest BCUT2D eigenvalue weighted by atomic mass is 10.0. The zero-order valence-electron chi connectivity index (χ0n) is 11.6. The van der Waals surface area contributed by atoms with Crippen molar-refractivity contribution in [1.82, 2.24) is 0 Å². The Labute approximate surface area is 115 Å². The zero-order chi connectivity index (χ0) is 13.8. The van der Waals surface area contributed by atoms with E-state index in [1.54, 1.807) is 0 Å². The largest absolute Gasteiger partial charge is 0.356 e. The van der Waals surface area contributed by atoms with E-state index in [9.17, 15) is 0 Å². The Morgan fingerprint density at radius 3 is 2.79 bits per heavy atom. The molecule has 0 spiro atoms. The van der Waals surface area contributed by atoms with Crippen molar-refractivity contribution < 1.29 is 0 Å². The summed E-state index contributed by atoms with van der Waals surface area (Å²) in [5, 5.41) is 3.36.